The predicted octanol–water partition coefficient (Wildman–Crippen LogP) is 1.19. The van der Waals surface area contributed by atoms with E-state index in [0.717, 1.165) is 0 Å². The minimum Gasteiger partial charge on any atom is -0.493 e. The van der Waals surface area contributed by atoms with Gasteiger partial charge in [0.05, 0.1) is 24.6 Å². The van der Waals surface area contributed by atoms with Crippen LogP contribution in [0.15, 0.2) is 10.9 Å². The van der Waals surface area contributed by atoms with Crippen LogP contribution in [0.4, 0.5) is 5.82 Å². The molecule has 2 rings (SSSR count). The molecule has 1 heterocycles. The normalized spacial score (nSPS) is 10.7. The van der Waals surface area contributed by atoms with Crippen molar-refractivity contribution >= 4 is 28.3 Å². The average Bonchev–Trinajstić information content (AvgIpc) is 2.36. The van der Waals surface area contributed by atoms with Gasteiger partial charge in [-0.25, -0.2) is 4.79 Å². The van der Waals surface area contributed by atoms with Gasteiger partial charge in [0.15, 0.2) is 11.5 Å². The lowest BCUT2D eigenvalue weighted by atomic mass is 10.2. The fourth-order valence-electron chi connectivity index (χ4n) is 1.74. The highest BCUT2D eigenvalue weighted by Crippen LogP contribution is 2.40. The van der Waals surface area contributed by atoms with Crippen LogP contribution in [0.25, 0.3) is 10.9 Å². The van der Waals surface area contributed by atoms with Crippen molar-refractivity contribution in [1.82, 2.24) is 9.55 Å². The van der Waals surface area contributed by atoms with Crippen molar-refractivity contribution in [2.45, 2.75) is 0 Å². The summed E-state index contributed by atoms with van der Waals surface area (Å²) in [6.45, 7) is 0. The Morgan fingerprint density at radius 3 is 2.61 bits per heavy atom. The molecule has 0 aliphatic carbocycles. The highest BCUT2D eigenvalue weighted by Gasteiger charge is 2.18. The topological polar surface area (TPSA) is 79.4 Å². The quantitative estimate of drug-likeness (QED) is 0.886. The number of hydrogen-bond acceptors (Lipinski definition) is 5. The third-order valence-corrected chi connectivity index (χ3v) is 3.00. The van der Waals surface area contributed by atoms with Crippen molar-refractivity contribution in [3.63, 3.8) is 0 Å². The first-order valence-electron chi connectivity index (χ1n) is 5.08. The summed E-state index contributed by atoms with van der Waals surface area (Å²) in [5.74, 6) is 1.06. The Hall–Kier alpha value is -1.95. The van der Waals surface area contributed by atoms with Crippen molar-refractivity contribution in [2.75, 3.05) is 20.0 Å². The van der Waals surface area contributed by atoms with Crippen LogP contribution in [0.3, 0.4) is 0 Å². The molecular formula is C11H12ClN3O3. The van der Waals surface area contributed by atoms with Gasteiger partial charge in [-0.1, -0.05) is 11.6 Å². The van der Waals surface area contributed by atoms with Crippen molar-refractivity contribution in [2.24, 2.45) is 7.05 Å². The zero-order valence-electron chi connectivity index (χ0n) is 10.2. The maximum absolute atomic E-state index is 11.6. The zero-order valence-corrected chi connectivity index (χ0v) is 10.9. The lowest BCUT2D eigenvalue weighted by molar-refractivity contribution is 0.358. The lowest BCUT2D eigenvalue weighted by Crippen LogP contribution is -2.23. The minimum absolute atomic E-state index is 0.225. The van der Waals surface area contributed by atoms with Gasteiger partial charge >= 0.3 is 5.69 Å². The van der Waals surface area contributed by atoms with Crippen LogP contribution in [-0.2, 0) is 7.05 Å². The number of anilines is 1. The maximum atomic E-state index is 11.6. The fraction of sp³-hybridized carbons (Fsp3) is 0.273. The molecule has 18 heavy (non-hydrogen) atoms. The zero-order chi connectivity index (χ0) is 13.4. The summed E-state index contributed by atoms with van der Waals surface area (Å²) in [7, 11) is 4.50. The van der Waals surface area contributed by atoms with E-state index in [9.17, 15) is 4.79 Å². The van der Waals surface area contributed by atoms with Gasteiger partial charge in [0.1, 0.15) is 11.3 Å². The molecule has 1 aromatic heterocycles. The van der Waals surface area contributed by atoms with E-state index in [1.54, 1.807) is 0 Å². The Kier molecular flexibility index (Phi) is 3.04. The highest BCUT2D eigenvalue weighted by atomic mass is 35.5. The van der Waals surface area contributed by atoms with Crippen molar-refractivity contribution < 1.29 is 9.47 Å². The van der Waals surface area contributed by atoms with Gasteiger partial charge < -0.3 is 15.2 Å². The second kappa shape index (κ2) is 4.38. The van der Waals surface area contributed by atoms with Crippen molar-refractivity contribution in [3.05, 3.63) is 21.6 Å². The summed E-state index contributed by atoms with van der Waals surface area (Å²) in [5, 5.41) is 0.746. The van der Waals surface area contributed by atoms with Crippen LogP contribution < -0.4 is 20.9 Å². The van der Waals surface area contributed by atoms with Gasteiger partial charge in [0.25, 0.3) is 0 Å². The van der Waals surface area contributed by atoms with Crippen molar-refractivity contribution in [1.29, 1.82) is 0 Å². The first-order chi connectivity index (χ1) is 8.51. The van der Waals surface area contributed by atoms with Gasteiger partial charge in [-0.05, 0) is 0 Å². The molecule has 0 bridgehead atoms. The second-order valence-electron chi connectivity index (χ2n) is 3.66. The second-order valence-corrected chi connectivity index (χ2v) is 4.06. The molecule has 0 spiro atoms. The fourth-order valence-corrected chi connectivity index (χ4v) is 1.98. The number of fused-ring (bicyclic) bond motifs is 1. The highest BCUT2D eigenvalue weighted by molar-refractivity contribution is 6.36. The minimum atomic E-state index is -0.478. The molecule has 2 N–H and O–H groups in total. The summed E-state index contributed by atoms with van der Waals surface area (Å²) < 4.78 is 11.7. The first kappa shape index (κ1) is 12.5. The number of rotatable bonds is 2. The number of halogens is 1. The molecular weight excluding hydrogens is 258 g/mol. The number of hydrogen-bond donors (Lipinski definition) is 1. The van der Waals surface area contributed by atoms with E-state index >= 15 is 0 Å². The van der Waals surface area contributed by atoms with Crippen LogP contribution in [0.5, 0.6) is 11.5 Å². The third kappa shape index (κ3) is 1.65. The summed E-state index contributed by atoms with van der Waals surface area (Å²) in [4.78, 5) is 15.5. The van der Waals surface area contributed by atoms with E-state index < -0.39 is 5.69 Å². The van der Waals surface area contributed by atoms with Gasteiger partial charge in [0, 0.05) is 13.1 Å². The van der Waals surface area contributed by atoms with Crippen LogP contribution in [-0.4, -0.2) is 23.8 Å². The molecule has 0 fully saturated rings. The van der Waals surface area contributed by atoms with Crippen LogP contribution >= 0.6 is 11.6 Å². The molecule has 6 nitrogen and oxygen atoms in total. The molecule has 0 atom stereocenters. The van der Waals surface area contributed by atoms with Gasteiger partial charge in [-0.2, -0.15) is 4.98 Å². The monoisotopic (exact) mass is 269 g/mol. The summed E-state index contributed by atoms with van der Waals surface area (Å²) in [6, 6.07) is 1.54. The largest absolute Gasteiger partial charge is 0.493 e. The summed E-state index contributed by atoms with van der Waals surface area (Å²) >= 11 is 6.06. The molecule has 96 valence electrons. The Morgan fingerprint density at radius 2 is 2.06 bits per heavy atom. The Labute approximate surface area is 108 Å². The van der Waals surface area contributed by atoms with E-state index in [4.69, 9.17) is 26.8 Å². The van der Waals surface area contributed by atoms with E-state index in [1.807, 2.05) is 0 Å². The van der Waals surface area contributed by atoms with E-state index in [2.05, 4.69) is 4.98 Å². The molecule has 1 aromatic carbocycles. The van der Waals surface area contributed by atoms with Gasteiger partial charge in [-0.15, -0.1) is 0 Å². The van der Waals surface area contributed by atoms with E-state index in [0.29, 0.717) is 22.4 Å². The van der Waals surface area contributed by atoms with Crippen LogP contribution in [0.1, 0.15) is 0 Å². The molecule has 0 saturated carbocycles. The predicted molar refractivity (Wildman–Crippen MR) is 69.5 cm³/mol. The van der Waals surface area contributed by atoms with Crippen LogP contribution in [0, 0.1) is 0 Å². The van der Waals surface area contributed by atoms with Gasteiger partial charge in [-0.3, -0.25) is 4.57 Å². The number of benzene rings is 1. The molecule has 0 saturated heterocycles. The molecule has 0 unspecified atom stereocenters. The van der Waals surface area contributed by atoms with E-state index in [-0.39, 0.29) is 10.8 Å². The number of nitrogens with zero attached hydrogens (tertiary/aromatic N) is 2. The number of nitrogen functional groups attached to an aromatic ring is 1. The van der Waals surface area contributed by atoms with Crippen LogP contribution in [0.2, 0.25) is 5.02 Å². The number of aromatic nitrogens is 2. The Balaban J connectivity index is 3.06. The summed E-state index contributed by atoms with van der Waals surface area (Å²) in [6.07, 6.45) is 0. The SMILES string of the molecule is COc1cc(Cl)c2nc(=O)n(C)c(N)c2c1OC. The lowest BCUT2D eigenvalue weighted by Gasteiger charge is -2.14. The number of nitrogens with two attached hydrogens (primary N) is 1. The molecule has 0 amide bonds. The molecule has 0 radical (unpaired) electrons. The van der Waals surface area contributed by atoms with Gasteiger partial charge in [0.2, 0.25) is 0 Å². The van der Waals surface area contributed by atoms with E-state index in [1.165, 1.54) is 31.9 Å². The average molecular weight is 270 g/mol. The summed E-state index contributed by atoms with van der Waals surface area (Å²) in [5.41, 5.74) is 5.74. The maximum Gasteiger partial charge on any atom is 0.349 e. The van der Waals surface area contributed by atoms with Crippen molar-refractivity contribution in [3.8, 4) is 11.5 Å². The molecule has 0 aliphatic heterocycles. The number of ether oxygens (including phenoxy) is 2. The smallest absolute Gasteiger partial charge is 0.349 e. The Bertz CT molecular complexity index is 682. The third-order valence-electron chi connectivity index (χ3n) is 2.71. The number of methoxy groups -OCH3 is 2. The molecule has 0 aliphatic rings. The Morgan fingerprint density at radius 1 is 1.39 bits per heavy atom. The molecule has 7 heteroatoms. The first-order valence-corrected chi connectivity index (χ1v) is 5.45. The molecule has 2 aromatic rings. The standard InChI is InChI=1S/C11H12ClN3O3/c1-15-10(13)7-8(14-11(15)16)5(12)4-6(17-2)9(7)18-3/h4H,13H2,1-3H3.